The number of nitrogens with zero attached hydrogens (tertiary/aromatic N) is 2. The molecule has 26 heavy (non-hydrogen) atoms. The molecule has 2 heterocycles. The van der Waals surface area contributed by atoms with Gasteiger partial charge in [0.15, 0.2) is 0 Å². The molecule has 1 aromatic carbocycles. The predicted octanol–water partition coefficient (Wildman–Crippen LogP) is 4.13. The lowest BCUT2D eigenvalue weighted by molar-refractivity contribution is 0.606. The average molecular weight is 345 g/mol. The van der Waals surface area contributed by atoms with Crippen LogP contribution in [0.25, 0.3) is 10.9 Å². The number of hydrogen-bond acceptors (Lipinski definition) is 3. The summed E-state index contributed by atoms with van der Waals surface area (Å²) in [5, 5.41) is 10.9. The van der Waals surface area contributed by atoms with Crippen LogP contribution in [0.5, 0.6) is 0 Å². The number of nitriles is 1. The number of pyridine rings is 2. The monoisotopic (exact) mass is 345 g/mol. The van der Waals surface area contributed by atoms with Crippen LogP contribution in [-0.4, -0.2) is 9.97 Å². The van der Waals surface area contributed by atoms with Gasteiger partial charge in [0.1, 0.15) is 0 Å². The lowest BCUT2D eigenvalue weighted by Crippen LogP contribution is -2.23. The quantitative estimate of drug-likeness (QED) is 0.773. The van der Waals surface area contributed by atoms with Crippen molar-refractivity contribution in [2.75, 3.05) is 0 Å². The fraction of sp³-hybridized carbons (Fsp3) is 0.318. The summed E-state index contributed by atoms with van der Waals surface area (Å²) in [6, 6.07) is 14.4. The molecule has 132 valence electrons. The van der Waals surface area contributed by atoms with Crippen LogP contribution in [0.4, 0.5) is 0 Å². The minimum atomic E-state index is -0.686. The van der Waals surface area contributed by atoms with Crippen molar-refractivity contribution in [3.05, 3.63) is 74.8 Å². The zero-order chi connectivity index (χ0) is 18.9. The van der Waals surface area contributed by atoms with Crippen molar-refractivity contribution < 1.29 is 0 Å². The molecule has 0 fully saturated rings. The Hall–Kier alpha value is -2.93. The number of hydrogen-bond donors (Lipinski definition) is 1. The first kappa shape index (κ1) is 17.9. The normalized spacial score (nSPS) is 13.3. The molecule has 0 aliphatic heterocycles. The van der Waals surface area contributed by atoms with Crippen molar-refractivity contribution >= 4 is 10.9 Å². The lowest BCUT2D eigenvalue weighted by atomic mass is 9.78. The molecule has 0 saturated carbocycles. The molecule has 4 heteroatoms. The summed E-state index contributed by atoms with van der Waals surface area (Å²) < 4.78 is 0. The van der Waals surface area contributed by atoms with Crippen LogP contribution >= 0.6 is 0 Å². The van der Waals surface area contributed by atoms with Crippen LogP contribution in [0.1, 0.15) is 41.9 Å². The zero-order valence-electron chi connectivity index (χ0n) is 15.7. The molecule has 1 atom stereocenters. The number of aryl methyl sites for hydroxylation is 3. The SMILES string of the molecule is CCc1cc2ccc(C(C)(C#N)Cc3cc(C)nc(C)c3)cc2[nH]c1=O. The molecule has 0 aliphatic rings. The zero-order valence-corrected chi connectivity index (χ0v) is 15.7. The average Bonchev–Trinajstić information content (AvgIpc) is 2.59. The van der Waals surface area contributed by atoms with Gasteiger partial charge in [0.05, 0.1) is 11.5 Å². The Kier molecular flexibility index (Phi) is 4.65. The summed E-state index contributed by atoms with van der Waals surface area (Å²) in [4.78, 5) is 19.5. The number of benzene rings is 1. The maximum Gasteiger partial charge on any atom is 0.251 e. The summed E-state index contributed by atoms with van der Waals surface area (Å²) >= 11 is 0. The molecule has 3 aromatic rings. The number of nitrogens with one attached hydrogen (secondary N) is 1. The van der Waals surface area contributed by atoms with E-state index in [1.807, 2.05) is 64.1 Å². The summed E-state index contributed by atoms with van der Waals surface area (Å²) in [6.45, 7) is 7.84. The Balaban J connectivity index is 2.06. The van der Waals surface area contributed by atoms with Crippen LogP contribution in [-0.2, 0) is 18.3 Å². The molecular weight excluding hydrogens is 322 g/mol. The van der Waals surface area contributed by atoms with E-state index in [1.165, 1.54) is 0 Å². The Morgan fingerprint density at radius 3 is 2.46 bits per heavy atom. The van der Waals surface area contributed by atoms with Crippen molar-refractivity contribution in [3.8, 4) is 6.07 Å². The van der Waals surface area contributed by atoms with Gasteiger partial charge in [-0.25, -0.2) is 0 Å². The Labute approximate surface area is 153 Å². The number of rotatable bonds is 4. The molecule has 0 spiro atoms. The second-order valence-corrected chi connectivity index (χ2v) is 7.16. The predicted molar refractivity (Wildman–Crippen MR) is 104 cm³/mol. The minimum Gasteiger partial charge on any atom is -0.322 e. The van der Waals surface area contributed by atoms with E-state index >= 15 is 0 Å². The third-order valence-corrected chi connectivity index (χ3v) is 4.89. The summed E-state index contributed by atoms with van der Waals surface area (Å²) in [5.74, 6) is 0. The number of aromatic amines is 1. The van der Waals surface area contributed by atoms with Gasteiger partial charge >= 0.3 is 0 Å². The summed E-state index contributed by atoms with van der Waals surface area (Å²) in [5.41, 5.74) is 4.70. The fourth-order valence-electron chi connectivity index (χ4n) is 3.49. The molecule has 1 N–H and O–H groups in total. The first-order valence-corrected chi connectivity index (χ1v) is 8.86. The van der Waals surface area contributed by atoms with E-state index in [9.17, 15) is 10.1 Å². The molecule has 0 amide bonds. The first-order valence-electron chi connectivity index (χ1n) is 8.86. The second kappa shape index (κ2) is 6.76. The van der Waals surface area contributed by atoms with E-state index in [1.54, 1.807) is 0 Å². The van der Waals surface area contributed by atoms with Crippen LogP contribution in [0, 0.1) is 25.2 Å². The van der Waals surface area contributed by atoms with E-state index in [0.717, 1.165) is 39.0 Å². The third-order valence-electron chi connectivity index (χ3n) is 4.89. The number of aromatic nitrogens is 2. The number of fused-ring (bicyclic) bond motifs is 1. The molecule has 2 aromatic heterocycles. The van der Waals surface area contributed by atoms with Gasteiger partial charge in [-0.05, 0) is 74.4 Å². The Bertz CT molecular complexity index is 1050. The maximum atomic E-state index is 12.1. The van der Waals surface area contributed by atoms with Crippen molar-refractivity contribution in [2.45, 2.75) is 46.0 Å². The van der Waals surface area contributed by atoms with Crippen molar-refractivity contribution in [2.24, 2.45) is 0 Å². The molecule has 0 saturated heterocycles. The van der Waals surface area contributed by atoms with Crippen LogP contribution in [0.2, 0.25) is 0 Å². The molecular formula is C22H23N3O. The Morgan fingerprint density at radius 2 is 1.85 bits per heavy atom. The highest BCUT2D eigenvalue weighted by molar-refractivity contribution is 5.80. The third kappa shape index (κ3) is 3.39. The van der Waals surface area contributed by atoms with Gasteiger partial charge in [-0.1, -0.05) is 19.1 Å². The Morgan fingerprint density at radius 1 is 1.15 bits per heavy atom. The molecule has 3 rings (SSSR count). The molecule has 4 nitrogen and oxygen atoms in total. The molecule has 0 radical (unpaired) electrons. The van der Waals surface area contributed by atoms with E-state index in [-0.39, 0.29) is 5.56 Å². The van der Waals surface area contributed by atoms with Gasteiger partial charge in [-0.15, -0.1) is 0 Å². The highest BCUT2D eigenvalue weighted by Gasteiger charge is 2.27. The highest BCUT2D eigenvalue weighted by atomic mass is 16.1. The van der Waals surface area contributed by atoms with Gasteiger partial charge in [-0.3, -0.25) is 9.78 Å². The molecule has 1 unspecified atom stereocenters. The molecule has 0 aliphatic carbocycles. The van der Waals surface area contributed by atoms with Crippen molar-refractivity contribution in [3.63, 3.8) is 0 Å². The summed E-state index contributed by atoms with van der Waals surface area (Å²) in [7, 11) is 0. The lowest BCUT2D eigenvalue weighted by Gasteiger charge is -2.23. The minimum absolute atomic E-state index is 0.0591. The largest absolute Gasteiger partial charge is 0.322 e. The second-order valence-electron chi connectivity index (χ2n) is 7.16. The van der Waals surface area contributed by atoms with Crippen molar-refractivity contribution in [1.82, 2.24) is 9.97 Å². The first-order chi connectivity index (χ1) is 12.3. The van der Waals surface area contributed by atoms with E-state index in [4.69, 9.17) is 0 Å². The number of H-pyrrole nitrogens is 1. The van der Waals surface area contributed by atoms with Gasteiger partial charge in [0.2, 0.25) is 0 Å². The van der Waals surface area contributed by atoms with Crippen LogP contribution in [0.3, 0.4) is 0 Å². The fourth-order valence-corrected chi connectivity index (χ4v) is 3.49. The van der Waals surface area contributed by atoms with Gasteiger partial charge in [0, 0.05) is 22.5 Å². The van der Waals surface area contributed by atoms with Crippen LogP contribution in [0.15, 0.2) is 41.2 Å². The van der Waals surface area contributed by atoms with Gasteiger partial charge in [0.25, 0.3) is 5.56 Å². The van der Waals surface area contributed by atoms with Crippen LogP contribution < -0.4 is 5.56 Å². The highest BCUT2D eigenvalue weighted by Crippen LogP contribution is 2.30. The van der Waals surface area contributed by atoms with Gasteiger partial charge in [-0.2, -0.15) is 5.26 Å². The van der Waals surface area contributed by atoms with E-state index < -0.39 is 5.41 Å². The van der Waals surface area contributed by atoms with Crippen molar-refractivity contribution in [1.29, 1.82) is 5.26 Å². The smallest absolute Gasteiger partial charge is 0.251 e. The van der Waals surface area contributed by atoms with Gasteiger partial charge < -0.3 is 4.98 Å². The van der Waals surface area contributed by atoms with E-state index in [0.29, 0.717) is 12.8 Å². The standard InChI is InChI=1S/C22H23N3O/c1-5-17-10-18-6-7-19(11-20(18)25-21(17)26)22(4,13-23)12-16-8-14(2)24-15(3)9-16/h6-11H,5,12H2,1-4H3,(H,25,26). The topological polar surface area (TPSA) is 69.5 Å². The summed E-state index contributed by atoms with van der Waals surface area (Å²) in [6.07, 6.45) is 1.29. The molecule has 0 bridgehead atoms. The maximum absolute atomic E-state index is 12.1. The van der Waals surface area contributed by atoms with E-state index in [2.05, 4.69) is 16.0 Å².